The van der Waals surface area contributed by atoms with Gasteiger partial charge in [0.1, 0.15) is 30.2 Å². The van der Waals surface area contributed by atoms with E-state index in [2.05, 4.69) is 16.0 Å². The van der Waals surface area contributed by atoms with Crippen LogP contribution in [0.25, 0.3) is 0 Å². The molecule has 2 aromatic rings. The predicted molar refractivity (Wildman–Crippen MR) is 180 cm³/mol. The Morgan fingerprint density at radius 2 is 1.33 bits per heavy atom. The number of carboxylic acids is 1. The van der Waals surface area contributed by atoms with E-state index in [9.17, 15) is 33.9 Å². The van der Waals surface area contributed by atoms with Crippen molar-refractivity contribution in [3.8, 4) is 0 Å². The van der Waals surface area contributed by atoms with Crippen molar-refractivity contribution in [2.75, 3.05) is 13.1 Å². The van der Waals surface area contributed by atoms with Crippen LogP contribution in [0.3, 0.4) is 0 Å². The first kappa shape index (κ1) is 35.3. The monoisotopic (exact) mass is 672 g/mol. The summed E-state index contributed by atoms with van der Waals surface area (Å²) in [6.07, 6.45) is 5.73. The van der Waals surface area contributed by atoms with Gasteiger partial charge in [-0.2, -0.15) is 0 Å². The Morgan fingerprint density at radius 1 is 0.776 bits per heavy atom. The van der Waals surface area contributed by atoms with Gasteiger partial charge in [-0.3, -0.25) is 24.0 Å². The zero-order chi connectivity index (χ0) is 34.9. The maximum Gasteiger partial charge on any atom is 0.326 e. The number of nitrogens with two attached hydrogens (primary N) is 1. The molecule has 0 spiro atoms. The van der Waals surface area contributed by atoms with Crippen molar-refractivity contribution in [1.82, 2.24) is 25.8 Å². The first-order valence-electron chi connectivity index (χ1n) is 16.9. The summed E-state index contributed by atoms with van der Waals surface area (Å²) in [5, 5.41) is 18.0. The molecular weight excluding hydrogens is 628 g/mol. The summed E-state index contributed by atoms with van der Waals surface area (Å²) in [7, 11) is 0. The third kappa shape index (κ3) is 8.91. The molecule has 0 aromatic heterocycles. The topological polar surface area (TPSA) is 191 Å². The van der Waals surface area contributed by atoms with E-state index in [0.29, 0.717) is 38.8 Å². The number of nitrogens with zero attached hydrogens (tertiary/aromatic N) is 2. The van der Waals surface area contributed by atoms with Gasteiger partial charge >= 0.3 is 5.97 Å². The van der Waals surface area contributed by atoms with Crippen molar-refractivity contribution in [3.63, 3.8) is 0 Å². The summed E-state index contributed by atoms with van der Waals surface area (Å²) in [5.74, 6) is -3.45. The Balaban J connectivity index is 1.36. The molecule has 13 nitrogen and oxygen atoms in total. The molecule has 3 heterocycles. The van der Waals surface area contributed by atoms with E-state index in [-0.39, 0.29) is 25.7 Å². The van der Waals surface area contributed by atoms with Gasteiger partial charge in [-0.15, -0.1) is 0 Å². The first-order chi connectivity index (χ1) is 23.6. The molecule has 3 aliphatic heterocycles. The van der Waals surface area contributed by atoms with Gasteiger partial charge in [0.25, 0.3) is 0 Å². The molecule has 3 aliphatic rings. The maximum absolute atomic E-state index is 14.0. The predicted octanol–water partition coefficient (Wildman–Crippen LogP) is 0.670. The minimum atomic E-state index is -1.06. The van der Waals surface area contributed by atoms with Gasteiger partial charge in [-0.25, -0.2) is 4.79 Å². The van der Waals surface area contributed by atoms with E-state index in [1.807, 2.05) is 60.7 Å². The van der Waals surface area contributed by atoms with Crippen molar-refractivity contribution >= 4 is 35.5 Å². The Kier molecular flexibility index (Phi) is 11.8. The second kappa shape index (κ2) is 16.4. The molecule has 5 rings (SSSR count). The van der Waals surface area contributed by atoms with Crippen molar-refractivity contribution in [2.45, 2.75) is 87.6 Å². The molecule has 0 bridgehead atoms. The molecule has 49 heavy (non-hydrogen) atoms. The molecule has 5 amide bonds. The fourth-order valence-electron chi connectivity index (χ4n) is 6.73. The van der Waals surface area contributed by atoms with Crippen LogP contribution < -0.4 is 21.7 Å². The van der Waals surface area contributed by atoms with Crippen LogP contribution in [-0.4, -0.2) is 99.8 Å². The van der Waals surface area contributed by atoms with E-state index >= 15 is 0 Å². The van der Waals surface area contributed by atoms with Crippen LogP contribution >= 0.6 is 0 Å². The first-order valence-corrected chi connectivity index (χ1v) is 16.9. The minimum Gasteiger partial charge on any atom is -0.480 e. The number of aliphatic carboxylic acids is 1. The third-order valence-electron chi connectivity index (χ3n) is 9.35. The number of fused-ring (bicyclic) bond motifs is 1. The van der Waals surface area contributed by atoms with Gasteiger partial charge in [-0.1, -0.05) is 72.8 Å². The van der Waals surface area contributed by atoms with Crippen molar-refractivity contribution in [1.29, 1.82) is 0 Å². The molecule has 0 radical (unpaired) electrons. The molecule has 3 saturated heterocycles. The summed E-state index contributed by atoms with van der Waals surface area (Å²) in [5.41, 5.74) is 7.75. The van der Waals surface area contributed by atoms with Crippen LogP contribution in [0.1, 0.15) is 49.7 Å². The van der Waals surface area contributed by atoms with E-state index in [4.69, 9.17) is 5.73 Å². The zero-order valence-electron chi connectivity index (χ0n) is 27.3. The van der Waals surface area contributed by atoms with E-state index in [1.165, 1.54) is 9.80 Å². The van der Waals surface area contributed by atoms with Gasteiger partial charge in [0.15, 0.2) is 0 Å². The van der Waals surface area contributed by atoms with Gasteiger partial charge in [0.05, 0.1) is 6.04 Å². The molecule has 6 atom stereocenters. The number of hydrogen-bond donors (Lipinski definition) is 5. The van der Waals surface area contributed by atoms with Crippen LogP contribution in [0, 0.1) is 0 Å². The van der Waals surface area contributed by atoms with Crippen LogP contribution in [0.2, 0.25) is 0 Å². The molecule has 0 saturated carbocycles. The number of amides is 5. The smallest absolute Gasteiger partial charge is 0.326 e. The summed E-state index contributed by atoms with van der Waals surface area (Å²) in [6, 6.07) is 12.7. The van der Waals surface area contributed by atoms with Gasteiger partial charge in [0, 0.05) is 25.9 Å². The average Bonchev–Trinajstić information content (AvgIpc) is 3.80. The quantitative estimate of drug-likeness (QED) is 0.228. The molecule has 3 fully saturated rings. The zero-order valence-corrected chi connectivity index (χ0v) is 27.3. The van der Waals surface area contributed by atoms with Crippen molar-refractivity contribution < 1.29 is 33.9 Å². The summed E-state index contributed by atoms with van der Waals surface area (Å²) >= 11 is 0. The highest BCUT2D eigenvalue weighted by Gasteiger charge is 2.41. The Hall–Kier alpha value is -5.04. The normalized spacial score (nSPS) is 25.5. The Bertz CT molecular complexity index is 1550. The number of carbonyl (C=O) groups excluding carboxylic acids is 5. The standard InChI is InChI=1S/C36H44N6O7/c37-25(34(46)42-20-10-18-30(42)36(48)49)15-7-8-16-26-35(47)41-19-9-17-29(41)33(45)40-28(22-24-13-5-2-6-14-24)32(44)39-27(31(43)38-26)21-23-11-3-1-4-12-23/h1-8,11-14,25-30H,9-10,15-22,37H2,(H,38,43)(H,39,44)(H,40,45)(H,48,49)/b8-7+/t25-,26-,27-,28+,29-,30-/m0/s1. The highest BCUT2D eigenvalue weighted by Crippen LogP contribution is 2.22. The van der Waals surface area contributed by atoms with Gasteiger partial charge < -0.3 is 36.6 Å². The number of hydrogen-bond acceptors (Lipinski definition) is 7. The fourth-order valence-corrected chi connectivity index (χ4v) is 6.73. The summed E-state index contributed by atoms with van der Waals surface area (Å²) in [6.45, 7) is 0.643. The lowest BCUT2D eigenvalue weighted by molar-refractivity contribution is -0.148. The Morgan fingerprint density at radius 3 is 1.92 bits per heavy atom. The van der Waals surface area contributed by atoms with Gasteiger partial charge in [-0.05, 0) is 49.7 Å². The second-order valence-corrected chi connectivity index (χ2v) is 12.8. The average molecular weight is 673 g/mol. The van der Waals surface area contributed by atoms with Crippen molar-refractivity contribution in [2.24, 2.45) is 5.73 Å². The lowest BCUT2D eigenvalue weighted by atomic mass is 10.0. The van der Waals surface area contributed by atoms with Crippen LogP contribution in [0.15, 0.2) is 72.8 Å². The largest absolute Gasteiger partial charge is 0.480 e. The van der Waals surface area contributed by atoms with Crippen molar-refractivity contribution in [3.05, 3.63) is 83.9 Å². The lowest BCUT2D eigenvalue weighted by Crippen LogP contribution is -2.61. The Labute approximate surface area is 285 Å². The summed E-state index contributed by atoms with van der Waals surface area (Å²) < 4.78 is 0. The number of carbonyl (C=O) groups is 6. The second-order valence-electron chi connectivity index (χ2n) is 12.8. The lowest BCUT2D eigenvalue weighted by Gasteiger charge is -2.32. The van der Waals surface area contributed by atoms with Crippen LogP contribution in [0.4, 0.5) is 0 Å². The molecule has 13 heteroatoms. The molecule has 0 aliphatic carbocycles. The number of nitrogens with one attached hydrogen (secondary N) is 3. The summed E-state index contributed by atoms with van der Waals surface area (Å²) in [4.78, 5) is 82.5. The molecule has 260 valence electrons. The highest BCUT2D eigenvalue weighted by molar-refractivity contribution is 5.98. The highest BCUT2D eigenvalue weighted by atomic mass is 16.4. The van der Waals surface area contributed by atoms with E-state index < -0.39 is 71.8 Å². The molecule has 0 unspecified atom stereocenters. The minimum absolute atomic E-state index is 0.0421. The van der Waals surface area contributed by atoms with E-state index in [1.54, 1.807) is 12.2 Å². The number of carboxylic acid groups (broad SMARTS) is 1. The molecule has 2 aromatic carbocycles. The number of benzene rings is 2. The number of rotatable bonds is 10. The fraction of sp³-hybridized carbons (Fsp3) is 0.444. The van der Waals surface area contributed by atoms with Gasteiger partial charge in [0.2, 0.25) is 29.5 Å². The molecule has 6 N–H and O–H groups in total. The SMILES string of the molecule is N[C@@H](C/C=C/C[C@@H]1NC(=O)[C@H](Cc2ccccc2)NC(=O)[C@@H](Cc2ccccc2)NC(=O)[C@@H]2CCCN2C1=O)C(=O)N1CCC[C@H]1C(=O)O. The van der Waals surface area contributed by atoms with E-state index in [0.717, 1.165) is 11.1 Å². The van der Waals surface area contributed by atoms with Crippen LogP contribution in [0.5, 0.6) is 0 Å². The van der Waals surface area contributed by atoms with Crippen LogP contribution in [-0.2, 0) is 41.6 Å². The maximum atomic E-state index is 14.0. The molecular formula is C36H44N6O7. The number of likely N-dealkylation sites (tertiary alicyclic amines) is 1. The third-order valence-corrected chi connectivity index (χ3v) is 9.35.